The molecular formula is C14H21N. The Kier molecular flexibility index (Phi) is 3.11. The van der Waals surface area contributed by atoms with Gasteiger partial charge in [0.1, 0.15) is 0 Å². The van der Waals surface area contributed by atoms with Gasteiger partial charge in [-0.2, -0.15) is 0 Å². The fourth-order valence-corrected chi connectivity index (χ4v) is 2.71. The smallest absolute Gasteiger partial charge is 0.0323 e. The minimum absolute atomic E-state index is 0.595. The first kappa shape index (κ1) is 10.7. The first-order valence-corrected chi connectivity index (χ1v) is 6.05. The predicted octanol–water partition coefficient (Wildman–Crippen LogP) is 3.29. The van der Waals surface area contributed by atoms with Crippen LogP contribution in [0.4, 0.5) is 0 Å². The van der Waals surface area contributed by atoms with Gasteiger partial charge in [0.05, 0.1) is 0 Å². The van der Waals surface area contributed by atoms with Crippen LogP contribution in [0.1, 0.15) is 48.1 Å². The molecule has 0 saturated carbocycles. The second-order valence-corrected chi connectivity index (χ2v) is 4.69. The molecule has 0 aliphatic carbocycles. The summed E-state index contributed by atoms with van der Waals surface area (Å²) < 4.78 is 0. The number of fused-ring (bicyclic) bond motifs is 1. The van der Waals surface area contributed by atoms with Crippen molar-refractivity contribution in [1.29, 1.82) is 0 Å². The standard InChI is InChI=1S/C14H21N/c1-4-5-14-13-9-10(2)8-11(3)12(13)6-7-15-14/h8-9,14-15H,4-7H2,1-3H3. The SMILES string of the molecule is CCCC1NCCc2c(C)cc(C)cc21. The quantitative estimate of drug-likeness (QED) is 0.777. The normalized spacial score (nSPS) is 20.1. The maximum atomic E-state index is 3.63. The highest BCUT2D eigenvalue weighted by Gasteiger charge is 2.20. The van der Waals surface area contributed by atoms with E-state index in [2.05, 4.69) is 38.2 Å². The second kappa shape index (κ2) is 4.36. The lowest BCUT2D eigenvalue weighted by Crippen LogP contribution is -2.30. The summed E-state index contributed by atoms with van der Waals surface area (Å²) >= 11 is 0. The van der Waals surface area contributed by atoms with Gasteiger partial charge in [-0.05, 0) is 49.9 Å². The number of rotatable bonds is 2. The highest BCUT2D eigenvalue weighted by Crippen LogP contribution is 2.29. The van der Waals surface area contributed by atoms with Gasteiger partial charge in [-0.25, -0.2) is 0 Å². The summed E-state index contributed by atoms with van der Waals surface area (Å²) in [6, 6.07) is 5.28. The first-order valence-electron chi connectivity index (χ1n) is 6.05. The van der Waals surface area contributed by atoms with Gasteiger partial charge in [0.25, 0.3) is 0 Å². The Hall–Kier alpha value is -0.820. The molecule has 0 bridgehead atoms. The lowest BCUT2D eigenvalue weighted by Gasteiger charge is -2.28. The van der Waals surface area contributed by atoms with Crippen molar-refractivity contribution in [3.05, 3.63) is 34.4 Å². The van der Waals surface area contributed by atoms with Crippen LogP contribution in [0.2, 0.25) is 0 Å². The van der Waals surface area contributed by atoms with Gasteiger partial charge in [-0.3, -0.25) is 0 Å². The molecule has 15 heavy (non-hydrogen) atoms. The molecule has 1 unspecified atom stereocenters. The van der Waals surface area contributed by atoms with E-state index in [0.29, 0.717) is 6.04 Å². The second-order valence-electron chi connectivity index (χ2n) is 4.69. The molecule has 1 N–H and O–H groups in total. The molecule has 0 saturated heterocycles. The van der Waals surface area contributed by atoms with Crippen molar-refractivity contribution in [3.8, 4) is 0 Å². The Morgan fingerprint density at radius 2 is 2.13 bits per heavy atom. The third-order valence-electron chi connectivity index (χ3n) is 3.37. The lowest BCUT2D eigenvalue weighted by atomic mass is 9.87. The molecule has 1 aromatic rings. The van der Waals surface area contributed by atoms with Gasteiger partial charge in [0.2, 0.25) is 0 Å². The number of aryl methyl sites for hydroxylation is 2. The summed E-state index contributed by atoms with van der Waals surface area (Å²) in [5.74, 6) is 0. The zero-order valence-electron chi connectivity index (χ0n) is 10.1. The molecule has 0 radical (unpaired) electrons. The monoisotopic (exact) mass is 203 g/mol. The van der Waals surface area contributed by atoms with E-state index in [-0.39, 0.29) is 0 Å². The fourth-order valence-electron chi connectivity index (χ4n) is 2.71. The summed E-state index contributed by atoms with van der Waals surface area (Å²) in [4.78, 5) is 0. The number of hydrogen-bond donors (Lipinski definition) is 1. The molecular weight excluding hydrogens is 182 g/mol. The van der Waals surface area contributed by atoms with E-state index < -0.39 is 0 Å². The average Bonchev–Trinajstić information content (AvgIpc) is 2.19. The Morgan fingerprint density at radius 3 is 2.87 bits per heavy atom. The lowest BCUT2D eigenvalue weighted by molar-refractivity contribution is 0.469. The molecule has 1 aromatic carbocycles. The summed E-state index contributed by atoms with van der Waals surface area (Å²) in [6.45, 7) is 7.85. The maximum absolute atomic E-state index is 3.63. The van der Waals surface area contributed by atoms with Gasteiger partial charge < -0.3 is 5.32 Å². The van der Waals surface area contributed by atoms with E-state index >= 15 is 0 Å². The van der Waals surface area contributed by atoms with E-state index in [4.69, 9.17) is 0 Å². The largest absolute Gasteiger partial charge is 0.310 e. The van der Waals surface area contributed by atoms with Crippen molar-refractivity contribution in [2.24, 2.45) is 0 Å². The number of benzene rings is 1. The summed E-state index contributed by atoms with van der Waals surface area (Å²) in [7, 11) is 0. The van der Waals surface area contributed by atoms with Gasteiger partial charge in [0, 0.05) is 6.04 Å². The van der Waals surface area contributed by atoms with Crippen molar-refractivity contribution in [2.75, 3.05) is 6.54 Å². The highest BCUT2D eigenvalue weighted by molar-refractivity contribution is 5.41. The van der Waals surface area contributed by atoms with Crippen LogP contribution in [0.25, 0.3) is 0 Å². The number of hydrogen-bond acceptors (Lipinski definition) is 1. The molecule has 1 aliphatic heterocycles. The molecule has 82 valence electrons. The van der Waals surface area contributed by atoms with Crippen LogP contribution in [-0.4, -0.2) is 6.54 Å². The molecule has 1 aliphatic rings. The van der Waals surface area contributed by atoms with E-state index in [1.807, 2.05) is 0 Å². The van der Waals surface area contributed by atoms with Gasteiger partial charge >= 0.3 is 0 Å². The molecule has 1 heterocycles. The fraction of sp³-hybridized carbons (Fsp3) is 0.571. The molecule has 0 fully saturated rings. The third-order valence-corrected chi connectivity index (χ3v) is 3.37. The third kappa shape index (κ3) is 2.07. The molecule has 2 rings (SSSR count). The van der Waals surface area contributed by atoms with Crippen LogP contribution in [0, 0.1) is 13.8 Å². The Labute approximate surface area is 92.9 Å². The van der Waals surface area contributed by atoms with E-state index in [0.717, 1.165) is 6.54 Å². The van der Waals surface area contributed by atoms with Crippen molar-refractivity contribution in [2.45, 2.75) is 46.1 Å². The van der Waals surface area contributed by atoms with Crippen LogP contribution in [0.5, 0.6) is 0 Å². The average molecular weight is 203 g/mol. The van der Waals surface area contributed by atoms with Gasteiger partial charge in [-0.1, -0.05) is 31.0 Å². The van der Waals surface area contributed by atoms with Crippen molar-refractivity contribution in [3.63, 3.8) is 0 Å². The van der Waals surface area contributed by atoms with E-state index in [1.165, 1.54) is 30.4 Å². The topological polar surface area (TPSA) is 12.0 Å². The highest BCUT2D eigenvalue weighted by atomic mass is 14.9. The van der Waals surface area contributed by atoms with Crippen LogP contribution in [0.15, 0.2) is 12.1 Å². The van der Waals surface area contributed by atoms with Crippen LogP contribution in [-0.2, 0) is 6.42 Å². The van der Waals surface area contributed by atoms with Gasteiger partial charge in [-0.15, -0.1) is 0 Å². The summed E-state index contributed by atoms with van der Waals surface area (Å²) in [6.07, 6.45) is 3.71. The van der Waals surface area contributed by atoms with Crippen LogP contribution in [0.3, 0.4) is 0 Å². The first-order chi connectivity index (χ1) is 7.22. The maximum Gasteiger partial charge on any atom is 0.0323 e. The Morgan fingerprint density at radius 1 is 1.33 bits per heavy atom. The zero-order valence-corrected chi connectivity index (χ0v) is 10.1. The van der Waals surface area contributed by atoms with Crippen molar-refractivity contribution < 1.29 is 0 Å². The Balaban J connectivity index is 2.41. The molecule has 0 amide bonds. The number of nitrogens with one attached hydrogen (secondary N) is 1. The predicted molar refractivity (Wildman–Crippen MR) is 65.3 cm³/mol. The molecule has 1 nitrogen and oxygen atoms in total. The van der Waals surface area contributed by atoms with E-state index in [1.54, 1.807) is 11.1 Å². The van der Waals surface area contributed by atoms with Crippen LogP contribution < -0.4 is 5.32 Å². The van der Waals surface area contributed by atoms with Crippen molar-refractivity contribution in [1.82, 2.24) is 5.32 Å². The summed E-state index contributed by atoms with van der Waals surface area (Å²) in [5, 5.41) is 3.63. The zero-order chi connectivity index (χ0) is 10.8. The minimum atomic E-state index is 0.595. The van der Waals surface area contributed by atoms with E-state index in [9.17, 15) is 0 Å². The molecule has 1 atom stereocenters. The Bertz CT molecular complexity index is 355. The molecule has 0 spiro atoms. The molecule has 1 heteroatoms. The summed E-state index contributed by atoms with van der Waals surface area (Å²) in [5.41, 5.74) is 6.03. The minimum Gasteiger partial charge on any atom is -0.310 e. The molecule has 0 aromatic heterocycles. The van der Waals surface area contributed by atoms with Gasteiger partial charge in [0.15, 0.2) is 0 Å². The van der Waals surface area contributed by atoms with Crippen molar-refractivity contribution >= 4 is 0 Å². The van der Waals surface area contributed by atoms with Crippen LogP contribution >= 0.6 is 0 Å².